The van der Waals surface area contributed by atoms with Gasteiger partial charge in [-0.15, -0.1) is 0 Å². The normalized spacial score (nSPS) is 42.9. The van der Waals surface area contributed by atoms with Crippen molar-refractivity contribution in [3.63, 3.8) is 0 Å². The zero-order chi connectivity index (χ0) is 24.7. The van der Waals surface area contributed by atoms with Gasteiger partial charge in [0.1, 0.15) is 17.5 Å². The summed E-state index contributed by atoms with van der Waals surface area (Å²) in [5, 5.41) is 0. The minimum Gasteiger partial charge on any atom is -0.472 e. The summed E-state index contributed by atoms with van der Waals surface area (Å²) >= 11 is 0. The van der Waals surface area contributed by atoms with Crippen LogP contribution in [0, 0.1) is 28.1 Å². The Morgan fingerprint density at radius 1 is 1.24 bits per heavy atom. The highest BCUT2D eigenvalue weighted by molar-refractivity contribution is 5.87. The van der Waals surface area contributed by atoms with E-state index in [9.17, 15) is 14.4 Å². The van der Waals surface area contributed by atoms with Gasteiger partial charge in [0.05, 0.1) is 32.2 Å². The van der Waals surface area contributed by atoms with Crippen molar-refractivity contribution in [1.82, 2.24) is 0 Å². The van der Waals surface area contributed by atoms with Gasteiger partial charge >= 0.3 is 11.9 Å². The van der Waals surface area contributed by atoms with Gasteiger partial charge in [-0.05, 0) is 36.3 Å². The summed E-state index contributed by atoms with van der Waals surface area (Å²) in [5.41, 5.74) is -1.05. The SMILES string of the molecule is C=C1[C@H]2CC[C@]3(C)[C@@H](c4ccoc4)OC(=O)C[C@@]13O[C@@H]1CC(=O)C(C)(C)[C@@H](CC(=O)OC)[C@]21C. The van der Waals surface area contributed by atoms with Gasteiger partial charge in [-0.3, -0.25) is 14.4 Å². The minimum absolute atomic E-state index is 0.00254. The molecule has 0 N–H and O–H groups in total. The molecular weight excluding hydrogens is 436 g/mol. The van der Waals surface area contributed by atoms with Crippen LogP contribution in [-0.2, 0) is 28.6 Å². The highest BCUT2D eigenvalue weighted by atomic mass is 16.6. The van der Waals surface area contributed by atoms with Crippen molar-refractivity contribution in [3.8, 4) is 0 Å². The average molecular weight is 471 g/mol. The number of rotatable bonds is 3. The van der Waals surface area contributed by atoms with Crippen molar-refractivity contribution in [3.05, 3.63) is 36.3 Å². The lowest BCUT2D eigenvalue weighted by Gasteiger charge is -2.70. The van der Waals surface area contributed by atoms with Crippen LogP contribution < -0.4 is 0 Å². The number of esters is 2. The molecule has 184 valence electrons. The fourth-order valence-corrected chi connectivity index (χ4v) is 7.88. The van der Waals surface area contributed by atoms with Crippen LogP contribution in [0.3, 0.4) is 0 Å². The van der Waals surface area contributed by atoms with E-state index in [0.717, 1.165) is 24.0 Å². The number of methoxy groups -OCH3 is 1. The summed E-state index contributed by atoms with van der Waals surface area (Å²) in [4.78, 5) is 38.8. The van der Waals surface area contributed by atoms with Crippen molar-refractivity contribution in [2.45, 2.75) is 77.6 Å². The molecule has 0 amide bonds. The summed E-state index contributed by atoms with van der Waals surface area (Å²) < 4.78 is 23.2. The summed E-state index contributed by atoms with van der Waals surface area (Å²) in [7, 11) is 1.38. The Kier molecular flexibility index (Phi) is 5.01. The van der Waals surface area contributed by atoms with Gasteiger partial charge in [0.15, 0.2) is 0 Å². The molecule has 1 aromatic rings. The molecule has 4 fully saturated rings. The van der Waals surface area contributed by atoms with E-state index in [4.69, 9.17) is 18.6 Å². The molecule has 1 aromatic heterocycles. The Morgan fingerprint density at radius 3 is 2.62 bits per heavy atom. The van der Waals surface area contributed by atoms with Crippen LogP contribution in [0.5, 0.6) is 0 Å². The quantitative estimate of drug-likeness (QED) is 0.472. The maximum Gasteiger partial charge on any atom is 0.309 e. The monoisotopic (exact) mass is 470 g/mol. The van der Waals surface area contributed by atoms with E-state index in [1.54, 1.807) is 12.5 Å². The first-order valence-corrected chi connectivity index (χ1v) is 12.1. The Hall–Kier alpha value is -2.41. The highest BCUT2D eigenvalue weighted by Crippen LogP contribution is 2.71. The molecular formula is C27H34O7. The van der Waals surface area contributed by atoms with Gasteiger partial charge < -0.3 is 18.6 Å². The first-order valence-electron chi connectivity index (χ1n) is 12.1. The Balaban J connectivity index is 1.63. The number of ketones is 1. The van der Waals surface area contributed by atoms with Crippen LogP contribution >= 0.6 is 0 Å². The standard InChI is InChI=1S/C27H34O7/c1-15-17-7-9-25(4)23(16-8-10-32-14-16)33-22(30)13-27(15,25)34-20-12-19(28)24(2,3)18(26(17,20)5)11-21(29)31-6/h8,10,14,17-18,20,23H,1,7,9,11-13H2,2-6H3/t17-,18-,20-,23-,25-,26+,27-/m1/s1. The Bertz CT molecular complexity index is 1060. The molecule has 0 radical (unpaired) electrons. The molecule has 4 aliphatic rings. The molecule has 7 nitrogen and oxygen atoms in total. The van der Waals surface area contributed by atoms with E-state index >= 15 is 0 Å². The molecule has 2 saturated heterocycles. The summed E-state index contributed by atoms with van der Waals surface area (Å²) in [6.45, 7) is 12.6. The maximum atomic E-state index is 13.4. The van der Waals surface area contributed by atoms with Crippen LogP contribution in [0.1, 0.15) is 71.5 Å². The van der Waals surface area contributed by atoms with Crippen molar-refractivity contribution in [2.75, 3.05) is 7.11 Å². The van der Waals surface area contributed by atoms with Gasteiger partial charge in [-0.1, -0.05) is 34.3 Å². The third kappa shape index (κ3) is 2.76. The Labute approximate surface area is 200 Å². The predicted molar refractivity (Wildman–Crippen MR) is 121 cm³/mol. The van der Waals surface area contributed by atoms with E-state index < -0.39 is 34.1 Å². The molecule has 2 aliphatic heterocycles. The van der Waals surface area contributed by atoms with E-state index in [-0.39, 0.29) is 48.8 Å². The van der Waals surface area contributed by atoms with Gasteiger partial charge in [0.25, 0.3) is 0 Å². The first kappa shape index (κ1) is 23.3. The number of hydrogen-bond donors (Lipinski definition) is 0. The number of carbonyl (C=O) groups is 3. The number of Topliss-reactive ketones (excluding diaryl/α,β-unsaturated/α-hetero) is 1. The molecule has 0 aromatic carbocycles. The van der Waals surface area contributed by atoms with E-state index in [0.29, 0.717) is 0 Å². The molecule has 2 aliphatic carbocycles. The average Bonchev–Trinajstić information content (AvgIpc) is 3.30. The number of hydrogen-bond acceptors (Lipinski definition) is 7. The summed E-state index contributed by atoms with van der Waals surface area (Å²) in [5.74, 6) is -0.889. The zero-order valence-electron chi connectivity index (χ0n) is 20.6. The molecule has 3 heterocycles. The van der Waals surface area contributed by atoms with Crippen molar-refractivity contribution in [2.24, 2.45) is 28.1 Å². The van der Waals surface area contributed by atoms with E-state index in [2.05, 4.69) is 20.4 Å². The molecule has 2 bridgehead atoms. The lowest BCUT2D eigenvalue weighted by atomic mass is 9.41. The largest absolute Gasteiger partial charge is 0.472 e. The third-order valence-corrected chi connectivity index (χ3v) is 9.98. The second-order valence-electron chi connectivity index (χ2n) is 11.6. The molecule has 0 unspecified atom stereocenters. The van der Waals surface area contributed by atoms with Crippen molar-refractivity contribution >= 4 is 17.7 Å². The third-order valence-electron chi connectivity index (χ3n) is 9.98. The summed E-state index contributed by atoms with van der Waals surface area (Å²) in [6, 6.07) is 1.82. The number of carbonyl (C=O) groups excluding carboxylic acids is 3. The lowest BCUT2D eigenvalue weighted by Crippen LogP contribution is -2.72. The number of ether oxygens (including phenoxy) is 3. The fourth-order valence-electron chi connectivity index (χ4n) is 7.88. The first-order chi connectivity index (χ1) is 15.9. The minimum atomic E-state index is -0.949. The summed E-state index contributed by atoms with van der Waals surface area (Å²) in [6.07, 6.45) is 4.23. The number of furan rings is 1. The van der Waals surface area contributed by atoms with Gasteiger partial charge in [0, 0.05) is 34.7 Å². The Morgan fingerprint density at radius 2 is 1.97 bits per heavy atom. The zero-order valence-corrected chi connectivity index (χ0v) is 20.6. The smallest absolute Gasteiger partial charge is 0.309 e. The molecule has 2 saturated carbocycles. The van der Waals surface area contributed by atoms with Crippen LogP contribution in [0.2, 0.25) is 0 Å². The second kappa shape index (κ2) is 7.30. The topological polar surface area (TPSA) is 92.0 Å². The lowest BCUT2D eigenvalue weighted by molar-refractivity contribution is -0.298. The van der Waals surface area contributed by atoms with Gasteiger partial charge in [0.2, 0.25) is 0 Å². The molecule has 5 rings (SSSR count). The van der Waals surface area contributed by atoms with Crippen molar-refractivity contribution < 1.29 is 33.0 Å². The van der Waals surface area contributed by atoms with Crippen LogP contribution in [0.15, 0.2) is 35.2 Å². The molecule has 1 spiro atoms. The van der Waals surface area contributed by atoms with Crippen LogP contribution in [0.25, 0.3) is 0 Å². The van der Waals surface area contributed by atoms with Gasteiger partial charge in [-0.25, -0.2) is 0 Å². The number of fused-ring (bicyclic) bond motifs is 3. The van der Waals surface area contributed by atoms with Crippen molar-refractivity contribution in [1.29, 1.82) is 0 Å². The molecule has 34 heavy (non-hydrogen) atoms. The number of cyclic esters (lactones) is 1. The van der Waals surface area contributed by atoms with Crippen LogP contribution in [0.4, 0.5) is 0 Å². The highest BCUT2D eigenvalue weighted by Gasteiger charge is 2.73. The predicted octanol–water partition coefficient (Wildman–Crippen LogP) is 4.56. The maximum absolute atomic E-state index is 13.4. The molecule has 7 atom stereocenters. The second-order valence-corrected chi connectivity index (χ2v) is 11.6. The van der Waals surface area contributed by atoms with Crippen LogP contribution in [-0.4, -0.2) is 36.5 Å². The fraction of sp³-hybridized carbons (Fsp3) is 0.667. The molecule has 7 heteroatoms. The van der Waals surface area contributed by atoms with Gasteiger partial charge in [-0.2, -0.15) is 0 Å². The van der Waals surface area contributed by atoms with E-state index in [1.165, 1.54) is 7.11 Å². The van der Waals surface area contributed by atoms with E-state index in [1.807, 2.05) is 19.9 Å².